The van der Waals surface area contributed by atoms with Crippen LogP contribution < -0.4 is 70.8 Å². The number of aliphatic hydroxyl groups is 1. The molecule has 0 aliphatic carbocycles. The normalized spacial score (nSPS) is 21.0. The number of nitrogens with two attached hydrogens (primary N) is 4. The quantitative estimate of drug-likeness (QED) is 0.0306. The van der Waals surface area contributed by atoms with Gasteiger partial charge in [0.15, 0.2) is 28.9 Å². The van der Waals surface area contributed by atoms with Crippen LogP contribution in [0.4, 0.5) is 0 Å². The third kappa shape index (κ3) is 43.9. The van der Waals surface area contributed by atoms with E-state index in [1.807, 2.05) is 0 Å². The summed E-state index contributed by atoms with van der Waals surface area (Å²) >= 11 is 0. The maximum Gasteiger partial charge on any atom is 0.329 e. The first-order valence-corrected chi connectivity index (χ1v) is 43.5. The summed E-state index contributed by atoms with van der Waals surface area (Å²) in [7, 11) is 0. The monoisotopic (exact) mass is 1730 g/mol. The number of aliphatic hydroxyl groups excluding tert-OH is 1. The molecule has 1 heterocycles. The van der Waals surface area contributed by atoms with Crippen LogP contribution >= 0.6 is 0 Å². The van der Waals surface area contributed by atoms with Crippen molar-refractivity contribution >= 4 is 118 Å². The van der Waals surface area contributed by atoms with Crippen molar-refractivity contribution < 1.29 is 111 Å². The number of hydrogen-bond acceptors (Lipinski definition) is 22. The zero-order valence-electron chi connectivity index (χ0n) is 74.8. The highest BCUT2D eigenvalue weighted by atomic mass is 16.5. The minimum atomic E-state index is -1.93. The Morgan fingerprint density at radius 1 is 0.475 bits per heavy atom. The molecule has 0 radical (unpaired) electrons. The highest BCUT2D eigenvalue weighted by molar-refractivity contribution is 6.01. The number of rotatable bonds is 51. The van der Waals surface area contributed by atoms with E-state index < -0.39 is 322 Å². The van der Waals surface area contributed by atoms with Gasteiger partial charge in [-0.15, -0.1) is 0 Å². The lowest BCUT2D eigenvalue weighted by Gasteiger charge is -2.29. The van der Waals surface area contributed by atoms with Gasteiger partial charge in [-0.2, -0.15) is 0 Å². The van der Waals surface area contributed by atoms with E-state index in [0.717, 1.165) is 25.7 Å². The van der Waals surface area contributed by atoms with E-state index in [0.29, 0.717) is 12.8 Å². The number of amides is 13. The molecule has 1 saturated heterocycles. The molecule has 1 fully saturated rings. The molecule has 19 N–H and O–H groups in total. The van der Waals surface area contributed by atoms with Gasteiger partial charge in [-0.05, 0) is 113 Å². The molecular formula is C86H145N13O23. The van der Waals surface area contributed by atoms with Gasteiger partial charge >= 0.3 is 11.9 Å². The Kier molecular flexibility index (Phi) is 51.5. The Hall–Kier alpha value is -9.64. The largest absolute Gasteiger partial charge is 0.481 e. The topological polar surface area (TPSA) is 603 Å². The van der Waals surface area contributed by atoms with Crippen LogP contribution in [-0.2, 0) is 101 Å². The molecule has 1 rings (SSSR count). The Balaban J connectivity index is 4.16. The third-order valence-corrected chi connectivity index (χ3v) is 21.8. The number of Topliss-reactive ketones (excluding diaryl/α,β-unsaturated/α-hetero) is 5. The van der Waals surface area contributed by atoms with Crippen LogP contribution in [0.2, 0.25) is 0 Å². The maximum atomic E-state index is 15.2. The molecule has 36 nitrogen and oxygen atoms in total. The maximum absolute atomic E-state index is 15.2. The number of primary amides is 4. The minimum Gasteiger partial charge on any atom is -0.481 e. The van der Waals surface area contributed by atoms with E-state index in [1.54, 1.807) is 96.9 Å². The van der Waals surface area contributed by atoms with Crippen LogP contribution in [-0.4, -0.2) is 195 Å². The molecule has 0 aromatic carbocycles. The number of unbranched alkanes of at least 4 members (excludes halogenated alkanes) is 4. The average molecular weight is 1730 g/mol. The molecular weight excluding hydrogens is 1580 g/mol. The van der Waals surface area contributed by atoms with Crippen molar-refractivity contribution in [2.75, 3.05) is 6.61 Å². The van der Waals surface area contributed by atoms with Crippen LogP contribution in [0.3, 0.4) is 0 Å². The molecule has 16 atom stereocenters. The van der Waals surface area contributed by atoms with Crippen molar-refractivity contribution in [3.63, 3.8) is 0 Å². The molecule has 0 spiro atoms. The number of ether oxygens (including phenoxy) is 1. The fraction of sp³-hybridized carbons (Fsp3) is 0.767. The van der Waals surface area contributed by atoms with E-state index in [9.17, 15) is 91.7 Å². The van der Waals surface area contributed by atoms with E-state index in [4.69, 9.17) is 27.7 Å². The Bertz CT molecular complexity index is 3550. The van der Waals surface area contributed by atoms with E-state index in [2.05, 4.69) is 54.8 Å². The summed E-state index contributed by atoms with van der Waals surface area (Å²) in [4.78, 5) is 279. The predicted octanol–water partition coefficient (Wildman–Crippen LogP) is 3.38. The summed E-state index contributed by atoms with van der Waals surface area (Å²) in [5.74, 6) is -28.6. The lowest BCUT2D eigenvalue weighted by Crippen LogP contribution is -2.58. The number of carbonyl (C=O) groups excluding carboxylic acids is 19. The summed E-state index contributed by atoms with van der Waals surface area (Å²) in [6, 6.07) is -13.4. The zero-order chi connectivity index (χ0) is 93.1. The molecule has 692 valence electrons. The first-order chi connectivity index (χ1) is 56.9. The summed E-state index contributed by atoms with van der Waals surface area (Å²) in [5, 5.41) is 44.0. The van der Waals surface area contributed by atoms with Gasteiger partial charge in [0.1, 0.15) is 36.8 Å². The lowest BCUT2D eigenvalue weighted by atomic mass is 9.85. The number of ketones is 5. The van der Waals surface area contributed by atoms with Crippen molar-refractivity contribution in [1.29, 1.82) is 0 Å². The van der Waals surface area contributed by atoms with Gasteiger partial charge in [0.2, 0.25) is 76.8 Å². The molecule has 36 heteroatoms. The second-order valence-electron chi connectivity index (χ2n) is 35.4. The van der Waals surface area contributed by atoms with Crippen molar-refractivity contribution in [3.8, 4) is 0 Å². The molecule has 0 aromatic heterocycles. The Labute approximate surface area is 718 Å². The highest BCUT2D eigenvalue weighted by Gasteiger charge is 2.42. The van der Waals surface area contributed by atoms with Crippen LogP contribution in [0.25, 0.3) is 0 Å². The molecule has 0 saturated carbocycles. The van der Waals surface area contributed by atoms with Gasteiger partial charge in [-0.25, -0.2) is 4.79 Å². The van der Waals surface area contributed by atoms with Crippen molar-refractivity contribution in [2.24, 2.45) is 93.9 Å². The summed E-state index contributed by atoms with van der Waals surface area (Å²) in [5.41, 5.74) is 22.2. The number of carboxylic acids is 1. The fourth-order valence-corrected chi connectivity index (χ4v) is 14.2. The Morgan fingerprint density at radius 3 is 1.46 bits per heavy atom. The molecule has 1 aliphatic rings. The first kappa shape index (κ1) is 110. The van der Waals surface area contributed by atoms with Gasteiger partial charge in [0, 0.05) is 93.8 Å². The first-order valence-electron chi connectivity index (χ1n) is 43.5. The van der Waals surface area contributed by atoms with Crippen molar-refractivity contribution in [3.05, 3.63) is 0 Å². The third-order valence-electron chi connectivity index (χ3n) is 21.8. The predicted molar refractivity (Wildman–Crippen MR) is 451 cm³/mol. The van der Waals surface area contributed by atoms with Gasteiger partial charge in [0.05, 0.1) is 36.7 Å². The second-order valence-corrected chi connectivity index (χ2v) is 35.4. The van der Waals surface area contributed by atoms with Crippen LogP contribution in [0, 0.1) is 71.0 Å². The van der Waals surface area contributed by atoms with Gasteiger partial charge in [-0.3, -0.25) is 91.1 Å². The zero-order valence-corrected chi connectivity index (χ0v) is 74.8. The van der Waals surface area contributed by atoms with Crippen LogP contribution in [0.1, 0.15) is 284 Å². The minimum absolute atomic E-state index is 0.0159. The van der Waals surface area contributed by atoms with Gasteiger partial charge in [0.25, 0.3) is 0 Å². The summed E-state index contributed by atoms with van der Waals surface area (Å²) < 4.78 is 5.84. The molecule has 0 bridgehead atoms. The molecule has 1 aliphatic heterocycles. The molecule has 0 aromatic rings. The number of cyclic esters (lactones) is 1. The smallest absolute Gasteiger partial charge is 0.329 e. The molecule has 0 unspecified atom stereocenters. The van der Waals surface area contributed by atoms with Crippen molar-refractivity contribution in [1.82, 2.24) is 47.9 Å². The number of aliphatic carboxylic acids is 1. The van der Waals surface area contributed by atoms with Gasteiger partial charge < -0.3 is 85.7 Å². The Morgan fingerprint density at radius 2 is 0.951 bits per heavy atom. The van der Waals surface area contributed by atoms with Crippen LogP contribution in [0.5, 0.6) is 0 Å². The van der Waals surface area contributed by atoms with E-state index in [1.165, 1.54) is 6.92 Å². The SMILES string of the molecule is CCCCCCC[C@@H](O)CC(=O)N[C@@H](CC(C)C)C(=O)C[C@H](CCC(=O)O)C(=O)N[C@H](CCC(N)=O)C(=O)C[C@@H](C(=O)N[C@H](CC(C)C)C(=O)C[C@@H](CCC(N)=O)C(=O)N[C@@H]1COC(=O)[C@H]([C@@H](C)CC)NC(=O)[C@@H](CCC(N)=O)CC(=O)[C@H](C)NC(=O)[C@H](CC(C)C)NC(=O)[C@@H](CCC(N)=O)NC(=O)[C@@H](CC(C)C)NC(=O)[C@@H](C(C)C)CC1=O)C(C)C. The average Bonchev–Trinajstić information content (AvgIpc) is 0.989. The standard InChI is InChI=1S/C86H145N13O23/c1-17-19-20-21-22-23-56(100)41-75(110)92-61(34-45(3)4)67(102)40-55(26-33-76(111)112)78(113)93-59(27-31-73(89)108)69(104)42-57(49(11)12)81(116)95-62(35-46(5)6)68(103)39-54(25-30-72(88)107)79(114)98-65-44-122-86(121)77(51(15)18-2)99-80(115)53(24-29-71(87)106)38-66(101)52(16)91-84(119)63(36-47(7)8)97-83(118)60(28-32-74(90)109)94-85(120)64(37-48(9)10)96-82(117)58(50(13)14)43-70(65)105/h45-65,77,100H,17-44H2,1-16H3,(H2,87,106)(H2,88,107)(H2,89,108)(H2,90,109)(H,91,119)(H,92,110)(H,93,113)(H,94,120)(H,95,116)(H,96,117)(H,97,118)(H,98,114)(H,99,115)(H,111,112)/t51-,52-,53-,54+,55-,56+,57+,58+,59+,60+,61-,62+,63-,64+,65+,77-/m0/s1. The van der Waals surface area contributed by atoms with Gasteiger partial charge in [-0.1, -0.05) is 142 Å². The highest BCUT2D eigenvalue weighted by Crippen LogP contribution is 2.27. The summed E-state index contributed by atoms with van der Waals surface area (Å²) in [6.07, 6.45) is -4.25. The number of carboxylic acid groups (broad SMARTS) is 1. The number of carbonyl (C=O) groups is 20. The van der Waals surface area contributed by atoms with E-state index in [-0.39, 0.29) is 68.6 Å². The number of esters is 1. The molecule has 122 heavy (non-hydrogen) atoms. The number of hydrogen-bond donors (Lipinski definition) is 15. The fourth-order valence-electron chi connectivity index (χ4n) is 14.2. The van der Waals surface area contributed by atoms with E-state index >= 15 is 14.4 Å². The second kappa shape index (κ2) is 56.9. The number of nitrogens with one attached hydrogen (secondary N) is 9. The van der Waals surface area contributed by atoms with Crippen molar-refractivity contribution in [2.45, 2.75) is 345 Å². The summed E-state index contributed by atoms with van der Waals surface area (Å²) in [6.45, 7) is 25.8. The lowest BCUT2D eigenvalue weighted by molar-refractivity contribution is -0.152. The van der Waals surface area contributed by atoms with Crippen LogP contribution in [0.15, 0.2) is 0 Å². The molecule has 13 amide bonds.